The molecule has 3 nitrogen and oxygen atoms in total. The summed E-state index contributed by atoms with van der Waals surface area (Å²) in [7, 11) is 0. The van der Waals surface area contributed by atoms with Gasteiger partial charge in [-0.3, -0.25) is 4.79 Å². The normalized spacial score (nSPS) is 16.0. The molecule has 3 rings (SSSR count). The maximum absolute atomic E-state index is 11.7. The van der Waals surface area contributed by atoms with Crippen LogP contribution in [0.4, 0.5) is 5.69 Å². The Morgan fingerprint density at radius 3 is 2.45 bits per heavy atom. The lowest BCUT2D eigenvalue weighted by Crippen LogP contribution is -2.09. The van der Waals surface area contributed by atoms with Gasteiger partial charge in [0.15, 0.2) is 10.8 Å². The molecule has 0 saturated carbocycles. The number of hydrogen-bond donors (Lipinski definition) is 0. The summed E-state index contributed by atoms with van der Waals surface area (Å²) in [4.78, 5) is 11.7. The van der Waals surface area contributed by atoms with Gasteiger partial charge in [-0.25, -0.2) is 5.01 Å². The zero-order chi connectivity index (χ0) is 15.5. The van der Waals surface area contributed by atoms with Gasteiger partial charge in [-0.05, 0) is 47.7 Å². The summed E-state index contributed by atoms with van der Waals surface area (Å²) >= 11 is 4.83. The zero-order valence-electron chi connectivity index (χ0n) is 11.9. The predicted octanol–water partition coefficient (Wildman–Crippen LogP) is 4.90. The summed E-state index contributed by atoms with van der Waals surface area (Å²) < 4.78 is 1.04. The second kappa shape index (κ2) is 6.50. The second-order valence-electron chi connectivity index (χ2n) is 4.74. The smallest absolute Gasteiger partial charge is 0.186 e. The first-order chi connectivity index (χ1) is 10.6. The van der Waals surface area contributed by atoms with Crippen LogP contribution in [0.2, 0.25) is 0 Å². The Balaban J connectivity index is 1.99. The van der Waals surface area contributed by atoms with Crippen molar-refractivity contribution in [3.8, 4) is 0 Å². The molecule has 0 unspecified atom stereocenters. The van der Waals surface area contributed by atoms with Crippen LogP contribution in [0.5, 0.6) is 0 Å². The molecular weight excluding hydrogens is 360 g/mol. The van der Waals surface area contributed by atoms with E-state index >= 15 is 0 Å². The molecule has 0 fully saturated rings. The number of halogens is 1. The first kappa shape index (κ1) is 15.1. The minimum absolute atomic E-state index is 0.0230. The third-order valence-corrected chi connectivity index (χ3v) is 4.65. The summed E-state index contributed by atoms with van der Waals surface area (Å²) in [6, 6.07) is 17.8. The SMILES string of the molecule is CC(=O)C1=NN(c2ccccc2)C(=Cc2ccc(Br)cc2)S1. The molecule has 0 aliphatic carbocycles. The van der Waals surface area contributed by atoms with E-state index in [-0.39, 0.29) is 5.78 Å². The fourth-order valence-corrected chi connectivity index (χ4v) is 3.15. The van der Waals surface area contributed by atoms with Gasteiger partial charge < -0.3 is 0 Å². The van der Waals surface area contributed by atoms with Gasteiger partial charge >= 0.3 is 0 Å². The van der Waals surface area contributed by atoms with Gasteiger partial charge in [0, 0.05) is 11.4 Å². The van der Waals surface area contributed by atoms with E-state index in [1.807, 2.05) is 65.7 Å². The van der Waals surface area contributed by atoms with E-state index < -0.39 is 0 Å². The van der Waals surface area contributed by atoms with Crippen molar-refractivity contribution in [2.75, 3.05) is 5.01 Å². The molecule has 0 aromatic heterocycles. The van der Waals surface area contributed by atoms with Gasteiger partial charge in [0.25, 0.3) is 0 Å². The number of ketones is 1. The molecule has 5 heteroatoms. The van der Waals surface area contributed by atoms with Crippen LogP contribution in [-0.4, -0.2) is 10.8 Å². The van der Waals surface area contributed by atoms with E-state index in [0.717, 1.165) is 20.8 Å². The molecule has 2 aromatic rings. The first-order valence-corrected chi connectivity index (χ1v) is 8.34. The largest absolute Gasteiger partial charge is 0.292 e. The van der Waals surface area contributed by atoms with Crippen molar-refractivity contribution in [2.45, 2.75) is 6.92 Å². The molecule has 22 heavy (non-hydrogen) atoms. The fraction of sp³-hybridized carbons (Fsp3) is 0.0588. The van der Waals surface area contributed by atoms with Gasteiger partial charge in [-0.1, -0.05) is 46.3 Å². The molecule has 0 spiro atoms. The average Bonchev–Trinajstić information content (AvgIpc) is 2.95. The number of carbonyl (C=O) groups is 1. The molecule has 0 radical (unpaired) electrons. The lowest BCUT2D eigenvalue weighted by atomic mass is 10.2. The van der Waals surface area contributed by atoms with Crippen LogP contribution in [0.3, 0.4) is 0 Å². The maximum Gasteiger partial charge on any atom is 0.186 e. The Hall–Kier alpha value is -1.85. The van der Waals surface area contributed by atoms with Crippen molar-refractivity contribution in [2.24, 2.45) is 5.10 Å². The summed E-state index contributed by atoms with van der Waals surface area (Å²) in [5.74, 6) is -0.0230. The van der Waals surface area contributed by atoms with Crippen LogP contribution in [-0.2, 0) is 4.79 Å². The van der Waals surface area contributed by atoms with Crippen molar-refractivity contribution < 1.29 is 4.79 Å². The summed E-state index contributed by atoms with van der Waals surface area (Å²) in [5, 5.41) is 7.67. The Bertz CT molecular complexity index is 754. The fourth-order valence-electron chi connectivity index (χ4n) is 1.99. The number of hydrazone groups is 1. The maximum atomic E-state index is 11.7. The van der Waals surface area contributed by atoms with Gasteiger partial charge in [-0.15, -0.1) is 0 Å². The number of hydrogen-bond acceptors (Lipinski definition) is 4. The van der Waals surface area contributed by atoms with Crippen LogP contribution in [0.25, 0.3) is 6.08 Å². The van der Waals surface area contributed by atoms with E-state index in [9.17, 15) is 4.79 Å². The molecular formula is C17H13BrN2OS. The number of carbonyl (C=O) groups excluding carboxylic acids is 1. The predicted molar refractivity (Wildman–Crippen MR) is 96.7 cm³/mol. The van der Waals surface area contributed by atoms with Gasteiger partial charge in [0.05, 0.1) is 5.69 Å². The zero-order valence-corrected chi connectivity index (χ0v) is 14.3. The first-order valence-electron chi connectivity index (χ1n) is 6.73. The molecule has 0 atom stereocenters. The second-order valence-corrected chi connectivity index (χ2v) is 6.67. The highest BCUT2D eigenvalue weighted by Gasteiger charge is 2.25. The standard InChI is InChI=1S/C17H13BrN2OS/c1-12(21)17-19-20(15-5-3-2-4-6-15)16(22-17)11-13-7-9-14(18)10-8-13/h2-11H,1H3. The minimum Gasteiger partial charge on any atom is -0.292 e. The van der Waals surface area contributed by atoms with Gasteiger partial charge in [-0.2, -0.15) is 5.10 Å². The molecule has 1 heterocycles. The summed E-state index contributed by atoms with van der Waals surface area (Å²) in [6.07, 6.45) is 2.03. The lowest BCUT2D eigenvalue weighted by molar-refractivity contribution is -0.110. The molecule has 1 aliphatic heterocycles. The molecule has 0 N–H and O–H groups in total. The Labute approximate surface area is 141 Å². The summed E-state index contributed by atoms with van der Waals surface area (Å²) in [6.45, 7) is 1.54. The van der Waals surface area contributed by atoms with Crippen molar-refractivity contribution in [3.63, 3.8) is 0 Å². The number of Topliss-reactive ketones (excluding diaryl/α,β-unsaturated/α-hetero) is 1. The minimum atomic E-state index is -0.0230. The van der Waals surface area contributed by atoms with Crippen LogP contribution < -0.4 is 5.01 Å². The highest BCUT2D eigenvalue weighted by Crippen LogP contribution is 2.36. The van der Waals surface area contributed by atoms with Crippen LogP contribution in [0.1, 0.15) is 12.5 Å². The highest BCUT2D eigenvalue weighted by atomic mass is 79.9. The number of para-hydroxylation sites is 1. The molecule has 0 bridgehead atoms. The molecule has 1 aliphatic rings. The third kappa shape index (κ3) is 3.31. The van der Waals surface area contributed by atoms with Crippen LogP contribution in [0, 0.1) is 0 Å². The molecule has 110 valence electrons. The van der Waals surface area contributed by atoms with Crippen LogP contribution in [0.15, 0.2) is 69.2 Å². The Morgan fingerprint density at radius 1 is 1.14 bits per heavy atom. The lowest BCUT2D eigenvalue weighted by Gasteiger charge is -2.15. The van der Waals surface area contributed by atoms with E-state index in [0.29, 0.717) is 5.04 Å². The quantitative estimate of drug-likeness (QED) is 0.767. The Kier molecular flexibility index (Phi) is 4.45. The number of nitrogens with zero attached hydrogens (tertiary/aromatic N) is 2. The van der Waals surface area contributed by atoms with Gasteiger partial charge in [0.1, 0.15) is 5.03 Å². The van der Waals surface area contributed by atoms with E-state index in [1.165, 1.54) is 18.7 Å². The van der Waals surface area contributed by atoms with Crippen LogP contribution >= 0.6 is 27.7 Å². The van der Waals surface area contributed by atoms with Crippen molar-refractivity contribution in [1.29, 1.82) is 0 Å². The van der Waals surface area contributed by atoms with Crippen molar-refractivity contribution in [3.05, 3.63) is 69.7 Å². The number of benzene rings is 2. The monoisotopic (exact) mass is 372 g/mol. The molecule has 0 amide bonds. The van der Waals surface area contributed by atoms with E-state index in [1.54, 1.807) is 0 Å². The highest BCUT2D eigenvalue weighted by molar-refractivity contribution is 9.10. The molecule has 2 aromatic carbocycles. The van der Waals surface area contributed by atoms with Gasteiger partial charge in [0.2, 0.25) is 0 Å². The number of rotatable bonds is 3. The Morgan fingerprint density at radius 2 is 1.82 bits per heavy atom. The van der Waals surface area contributed by atoms with Crippen molar-refractivity contribution in [1.82, 2.24) is 0 Å². The molecule has 0 saturated heterocycles. The number of anilines is 1. The topological polar surface area (TPSA) is 32.7 Å². The number of thioether (sulfide) groups is 1. The van der Waals surface area contributed by atoms with E-state index in [2.05, 4.69) is 21.0 Å². The summed E-state index contributed by atoms with van der Waals surface area (Å²) in [5.41, 5.74) is 2.00. The average molecular weight is 373 g/mol. The van der Waals surface area contributed by atoms with Crippen molar-refractivity contribution >= 4 is 50.3 Å². The third-order valence-electron chi connectivity index (χ3n) is 3.06. The van der Waals surface area contributed by atoms with E-state index in [4.69, 9.17) is 0 Å².